The molecule has 0 atom stereocenters. The first-order chi connectivity index (χ1) is 40.5. The van der Waals surface area contributed by atoms with Crippen molar-refractivity contribution in [3.05, 3.63) is 210 Å². The Bertz CT molecular complexity index is 4800. The Labute approximate surface area is 477 Å². The number of para-hydroxylation sites is 2. The third-order valence-electron chi connectivity index (χ3n) is 15.6. The summed E-state index contributed by atoms with van der Waals surface area (Å²) >= 11 is 0. The first-order valence-corrected chi connectivity index (χ1v) is 25.8. The average Bonchev–Trinajstić information content (AvgIpc) is 1.72. The Morgan fingerprint density at radius 3 is 1.95 bits per heavy atom. The first kappa shape index (κ1) is 38.2. The number of hydrogen-bond acceptors (Lipinski definition) is 2. The molecular formula is C70H63N4OPt-. The third kappa shape index (κ3) is 8.08. The van der Waals surface area contributed by atoms with E-state index in [1.54, 1.807) is 18.2 Å². The molecule has 1 aliphatic heterocycles. The second kappa shape index (κ2) is 17.9. The van der Waals surface area contributed by atoms with Gasteiger partial charge in [0.15, 0.2) is 11.0 Å². The molecule has 0 saturated carbocycles. The predicted octanol–water partition coefficient (Wildman–Crippen LogP) is 17.7. The van der Waals surface area contributed by atoms with Gasteiger partial charge in [-0.25, -0.2) is 9.55 Å². The number of aromatic nitrogens is 4. The summed E-state index contributed by atoms with van der Waals surface area (Å²) < 4.78 is 119. The minimum absolute atomic E-state index is 0. The topological polar surface area (TPSA) is 35.9 Å². The van der Waals surface area contributed by atoms with Crippen molar-refractivity contribution in [2.45, 2.75) is 104 Å². The molecule has 4 heterocycles. The van der Waals surface area contributed by atoms with Gasteiger partial charge in [0.1, 0.15) is 11.5 Å². The zero-order valence-electron chi connectivity index (χ0n) is 55.3. The van der Waals surface area contributed by atoms with Crippen LogP contribution in [0.25, 0.3) is 94.5 Å². The maximum absolute atomic E-state index is 10.5. The largest absolute Gasteiger partial charge is 0.509 e. The van der Waals surface area contributed by atoms with E-state index in [0.29, 0.717) is 61.7 Å². The van der Waals surface area contributed by atoms with E-state index >= 15 is 0 Å². The number of fused-ring (bicyclic) bond motifs is 11. The molecule has 0 saturated heterocycles. The molecule has 11 aromatic rings. The maximum Gasteiger partial charge on any atom is 0.253 e. The van der Waals surface area contributed by atoms with E-state index in [1.807, 2.05) is 103 Å². The number of ether oxygens (including phenoxy) is 1. The van der Waals surface area contributed by atoms with Crippen LogP contribution in [0.1, 0.15) is 119 Å². The molecule has 3 aromatic heterocycles. The van der Waals surface area contributed by atoms with Gasteiger partial charge in [0.2, 0.25) is 0 Å². The molecule has 5 nitrogen and oxygen atoms in total. The molecule has 8 aromatic carbocycles. The summed E-state index contributed by atoms with van der Waals surface area (Å²) in [5, 5.41) is 2.00. The summed E-state index contributed by atoms with van der Waals surface area (Å²) in [5.74, 6) is 1.51. The molecule has 76 heavy (non-hydrogen) atoms. The van der Waals surface area contributed by atoms with Gasteiger partial charge in [-0.05, 0) is 132 Å². The van der Waals surface area contributed by atoms with Crippen molar-refractivity contribution >= 4 is 32.8 Å². The van der Waals surface area contributed by atoms with Crippen molar-refractivity contribution < 1.29 is 45.4 Å². The summed E-state index contributed by atoms with van der Waals surface area (Å²) in [6.45, 7) is 20.9. The van der Waals surface area contributed by atoms with Crippen molar-refractivity contribution in [1.82, 2.24) is 14.1 Å². The number of rotatable bonds is 5. The van der Waals surface area contributed by atoms with Crippen LogP contribution in [-0.2, 0) is 42.7 Å². The van der Waals surface area contributed by atoms with Crippen LogP contribution in [0.4, 0.5) is 0 Å². The monoisotopic (exact) mass is 1180 g/mol. The number of pyridine rings is 1. The summed E-state index contributed by atoms with van der Waals surface area (Å²) in [6.07, 6.45) is 5.13. The van der Waals surface area contributed by atoms with Crippen LogP contribution >= 0.6 is 0 Å². The zero-order chi connectivity index (χ0) is 61.3. The molecule has 0 fully saturated rings. The molecule has 380 valence electrons. The fourth-order valence-corrected chi connectivity index (χ4v) is 11.3. The molecule has 1 aliphatic carbocycles. The Balaban J connectivity index is 0.00000739. The molecule has 6 heteroatoms. The van der Waals surface area contributed by atoms with Crippen molar-refractivity contribution in [3.63, 3.8) is 0 Å². The van der Waals surface area contributed by atoms with Gasteiger partial charge in [-0.1, -0.05) is 172 Å². The fraction of sp³-hybridized carbons (Fsp3) is 0.229. The molecule has 2 aliphatic rings. The van der Waals surface area contributed by atoms with Gasteiger partial charge < -0.3 is 9.30 Å². The van der Waals surface area contributed by atoms with Crippen LogP contribution in [0, 0.1) is 12.1 Å². The van der Waals surface area contributed by atoms with Gasteiger partial charge in [0.25, 0.3) is 6.33 Å². The van der Waals surface area contributed by atoms with Crippen LogP contribution < -0.4 is 9.30 Å². The average molecular weight is 1180 g/mol. The van der Waals surface area contributed by atoms with E-state index in [4.69, 9.17) is 11.1 Å². The van der Waals surface area contributed by atoms with Crippen LogP contribution in [0.3, 0.4) is 0 Å². The third-order valence-corrected chi connectivity index (χ3v) is 15.6. The Hall–Kier alpha value is -7.33. The molecule has 0 bridgehead atoms. The SMILES string of the molecule is [2H]c1c([2H])c([2H])c2c(c1[2H])-c1cc(C(C)(C)C)cc(-c3c([2H])c([2H])c4c(c3[2H])C(C)(C)CCC4(C)C)c1-[n+]1cn(-c3[c-]c(Oc4[c-]c5c(cc4)c4ccccc4n5-c4cc(C(C)(C)C)ccn4)ccc3)c3cccc(c31)-c1c([2H])c([2H])c([2H])c([2H])c1-2.[Pt]. The number of benzene rings is 8. The Morgan fingerprint density at radius 2 is 1.22 bits per heavy atom. The van der Waals surface area contributed by atoms with Crippen LogP contribution in [0.2, 0.25) is 0 Å². The van der Waals surface area contributed by atoms with Crippen molar-refractivity contribution in [2.75, 3.05) is 0 Å². The molecule has 0 N–H and O–H groups in total. The first-order valence-electron chi connectivity index (χ1n) is 31.3. The van der Waals surface area contributed by atoms with E-state index in [9.17, 15) is 13.7 Å². The zero-order valence-corrected chi connectivity index (χ0v) is 46.6. The van der Waals surface area contributed by atoms with Gasteiger partial charge in [0.05, 0.1) is 15.1 Å². The van der Waals surface area contributed by atoms with Crippen molar-refractivity contribution in [1.29, 1.82) is 0 Å². The minimum atomic E-state index is -0.662. The Kier molecular flexibility index (Phi) is 9.00. The summed E-state index contributed by atoms with van der Waals surface area (Å²) in [7, 11) is 0. The molecule has 0 radical (unpaired) electrons. The molecule has 0 unspecified atom stereocenters. The standard InChI is InChI=1S/C70H63N4O.Pt/c1-67(2,3)45-33-36-71-64(40-45)74-61-27-16-15-25-54(61)55-31-30-49(42-63(55)74)75-48-20-17-19-47(41-48)72-43-73-65-57(44-29-32-59-60(37-44)70(9,10)35-34-69(59,7)8)38-46(68(4,5)6)39-58(65)53-24-14-12-22-51(53)50-21-11-13-23-52(50)56-26-18-28-62(72)66(56)73;/h11-33,36-40,43H,34-35H2,1-10H3;/q-1;/i11D,12D,13D,14D,21D,22D,23D,24D,29D,32D,37D;. The van der Waals surface area contributed by atoms with Crippen molar-refractivity contribution in [2.24, 2.45) is 0 Å². The van der Waals surface area contributed by atoms with Gasteiger partial charge >= 0.3 is 0 Å². The smallest absolute Gasteiger partial charge is 0.253 e. The summed E-state index contributed by atoms with van der Waals surface area (Å²) in [4.78, 5) is 4.86. The van der Waals surface area contributed by atoms with Crippen LogP contribution in [-0.4, -0.2) is 14.1 Å². The molecule has 0 amide bonds. The van der Waals surface area contributed by atoms with Crippen LogP contribution in [0.5, 0.6) is 11.5 Å². The summed E-state index contributed by atoms with van der Waals surface area (Å²) in [5.41, 5.74) is 5.63. The van der Waals surface area contributed by atoms with E-state index in [1.165, 1.54) is 0 Å². The van der Waals surface area contributed by atoms with Gasteiger partial charge in [-0.15, -0.1) is 29.7 Å². The predicted molar refractivity (Wildman–Crippen MR) is 309 cm³/mol. The van der Waals surface area contributed by atoms with Gasteiger partial charge in [-0.3, -0.25) is 0 Å². The van der Waals surface area contributed by atoms with E-state index in [2.05, 4.69) is 83.4 Å². The fourth-order valence-electron chi connectivity index (χ4n) is 11.3. The van der Waals surface area contributed by atoms with Crippen LogP contribution in [0.15, 0.2) is 176 Å². The van der Waals surface area contributed by atoms with E-state index in [-0.39, 0.29) is 78.0 Å². The summed E-state index contributed by atoms with van der Waals surface area (Å²) in [6, 6.07) is 33.9. The molecular weight excluding hydrogens is 1110 g/mol. The quantitative estimate of drug-likeness (QED) is 0.127. The Morgan fingerprint density at radius 1 is 0.592 bits per heavy atom. The van der Waals surface area contributed by atoms with Gasteiger partial charge in [0, 0.05) is 66.7 Å². The maximum atomic E-state index is 10.5. The molecule has 0 spiro atoms. The van der Waals surface area contributed by atoms with E-state index < -0.39 is 64.6 Å². The molecule has 13 rings (SSSR count). The second-order valence-electron chi connectivity index (χ2n) is 23.6. The van der Waals surface area contributed by atoms with Gasteiger partial charge in [-0.2, -0.15) is 16.7 Å². The number of nitrogens with zero attached hydrogens (tertiary/aromatic N) is 4. The van der Waals surface area contributed by atoms with E-state index in [0.717, 1.165) is 46.0 Å². The minimum Gasteiger partial charge on any atom is -0.509 e. The second-order valence-corrected chi connectivity index (χ2v) is 23.6. The number of hydrogen-bond donors (Lipinski definition) is 0. The number of imidazole rings is 1. The normalized spacial score (nSPS) is 16.5. The van der Waals surface area contributed by atoms with Crippen molar-refractivity contribution in [3.8, 4) is 73.2 Å².